The summed E-state index contributed by atoms with van der Waals surface area (Å²) >= 11 is 0. The monoisotopic (exact) mass is 260 g/mol. The van der Waals surface area contributed by atoms with Gasteiger partial charge in [-0.2, -0.15) is 0 Å². The van der Waals surface area contributed by atoms with E-state index in [1.54, 1.807) is 0 Å². The maximum atomic E-state index is 5.69. The molecule has 1 fully saturated rings. The summed E-state index contributed by atoms with van der Waals surface area (Å²) in [5, 5.41) is 0. The molecule has 0 bridgehead atoms. The van der Waals surface area contributed by atoms with Crippen molar-refractivity contribution in [3.05, 3.63) is 34.9 Å². The van der Waals surface area contributed by atoms with Crippen LogP contribution in [-0.4, -0.2) is 18.0 Å². The fourth-order valence-electron chi connectivity index (χ4n) is 3.40. The number of rotatable bonds is 4. The first kappa shape index (κ1) is 14.5. The van der Waals surface area contributed by atoms with Gasteiger partial charge in [-0.3, -0.25) is 4.90 Å². The van der Waals surface area contributed by atoms with Crippen LogP contribution in [-0.2, 0) is 13.1 Å². The molecule has 0 saturated heterocycles. The third-order valence-corrected chi connectivity index (χ3v) is 4.69. The molecule has 2 nitrogen and oxygen atoms in total. The molecule has 2 rings (SSSR count). The van der Waals surface area contributed by atoms with Crippen LogP contribution in [0.3, 0.4) is 0 Å². The third kappa shape index (κ3) is 3.58. The minimum absolute atomic E-state index is 0.636. The Balaban J connectivity index is 2.03. The molecule has 0 aromatic heterocycles. The van der Waals surface area contributed by atoms with Gasteiger partial charge in [0.05, 0.1) is 0 Å². The summed E-state index contributed by atoms with van der Waals surface area (Å²) in [5.41, 5.74) is 9.74. The van der Waals surface area contributed by atoms with Crippen LogP contribution in [0.2, 0.25) is 0 Å². The molecule has 106 valence electrons. The van der Waals surface area contributed by atoms with Crippen LogP contribution in [0, 0.1) is 12.8 Å². The number of hydrogen-bond donors (Lipinski definition) is 1. The molecule has 0 radical (unpaired) electrons. The molecule has 0 heterocycles. The summed E-state index contributed by atoms with van der Waals surface area (Å²) in [4.78, 5) is 2.55. The SMILES string of the molecule is Cc1cc(CN)ccc1CN(C)C1CCCCC1C. The van der Waals surface area contributed by atoms with E-state index < -0.39 is 0 Å². The normalized spacial score (nSPS) is 23.8. The van der Waals surface area contributed by atoms with Crippen molar-refractivity contribution < 1.29 is 0 Å². The zero-order valence-electron chi connectivity index (χ0n) is 12.7. The van der Waals surface area contributed by atoms with Crippen LogP contribution < -0.4 is 5.73 Å². The van der Waals surface area contributed by atoms with E-state index in [1.165, 1.54) is 42.4 Å². The summed E-state index contributed by atoms with van der Waals surface area (Å²) in [6.07, 6.45) is 5.55. The van der Waals surface area contributed by atoms with Gasteiger partial charge in [-0.15, -0.1) is 0 Å². The minimum Gasteiger partial charge on any atom is -0.326 e. The lowest BCUT2D eigenvalue weighted by Crippen LogP contribution is -2.38. The number of nitrogens with zero attached hydrogens (tertiary/aromatic N) is 1. The van der Waals surface area contributed by atoms with Crippen LogP contribution in [0.15, 0.2) is 18.2 Å². The van der Waals surface area contributed by atoms with Crippen molar-refractivity contribution in [3.63, 3.8) is 0 Å². The molecular formula is C17H28N2. The average molecular weight is 260 g/mol. The van der Waals surface area contributed by atoms with Crippen molar-refractivity contribution in [1.29, 1.82) is 0 Å². The summed E-state index contributed by atoms with van der Waals surface area (Å²) < 4.78 is 0. The van der Waals surface area contributed by atoms with Gasteiger partial charge < -0.3 is 5.73 Å². The van der Waals surface area contributed by atoms with E-state index in [4.69, 9.17) is 5.73 Å². The zero-order valence-corrected chi connectivity index (χ0v) is 12.7. The summed E-state index contributed by atoms with van der Waals surface area (Å²) in [7, 11) is 2.28. The summed E-state index contributed by atoms with van der Waals surface area (Å²) in [5.74, 6) is 0.836. The van der Waals surface area contributed by atoms with Gasteiger partial charge in [-0.05, 0) is 49.4 Å². The lowest BCUT2D eigenvalue weighted by Gasteiger charge is -2.36. The molecule has 2 unspecified atom stereocenters. The van der Waals surface area contributed by atoms with Gasteiger partial charge in [0.25, 0.3) is 0 Å². The standard InChI is InChI=1S/C17H28N2/c1-13-6-4-5-7-17(13)19(3)12-16-9-8-15(11-18)10-14(16)2/h8-10,13,17H,4-7,11-12,18H2,1-3H3. The lowest BCUT2D eigenvalue weighted by atomic mass is 9.85. The molecule has 1 saturated carbocycles. The van der Waals surface area contributed by atoms with Gasteiger partial charge in [-0.25, -0.2) is 0 Å². The van der Waals surface area contributed by atoms with E-state index in [0.29, 0.717) is 6.54 Å². The van der Waals surface area contributed by atoms with Gasteiger partial charge in [0, 0.05) is 19.1 Å². The van der Waals surface area contributed by atoms with E-state index in [0.717, 1.165) is 18.5 Å². The molecule has 1 aromatic carbocycles. The molecule has 1 aromatic rings. The molecule has 0 aliphatic heterocycles. The van der Waals surface area contributed by atoms with Gasteiger partial charge in [0.1, 0.15) is 0 Å². The van der Waals surface area contributed by atoms with Crippen molar-refractivity contribution in [2.45, 2.75) is 58.7 Å². The van der Waals surface area contributed by atoms with Crippen molar-refractivity contribution in [1.82, 2.24) is 4.90 Å². The maximum absolute atomic E-state index is 5.69. The Morgan fingerprint density at radius 3 is 2.63 bits per heavy atom. The highest BCUT2D eigenvalue weighted by atomic mass is 15.1. The molecule has 1 aliphatic rings. The van der Waals surface area contributed by atoms with Crippen molar-refractivity contribution in [2.24, 2.45) is 11.7 Å². The summed E-state index contributed by atoms with van der Waals surface area (Å²) in [6, 6.07) is 7.40. The quantitative estimate of drug-likeness (QED) is 0.898. The summed E-state index contributed by atoms with van der Waals surface area (Å²) in [6.45, 7) is 6.31. The number of nitrogens with two attached hydrogens (primary N) is 1. The van der Waals surface area contributed by atoms with Crippen molar-refractivity contribution in [2.75, 3.05) is 7.05 Å². The Labute approximate surface area is 118 Å². The highest BCUT2D eigenvalue weighted by molar-refractivity contribution is 5.31. The Hall–Kier alpha value is -0.860. The average Bonchev–Trinajstić information content (AvgIpc) is 2.41. The molecule has 1 aliphatic carbocycles. The number of aryl methyl sites for hydroxylation is 1. The molecule has 19 heavy (non-hydrogen) atoms. The maximum Gasteiger partial charge on any atom is 0.0236 e. The van der Waals surface area contributed by atoms with E-state index in [2.05, 4.69) is 44.0 Å². The van der Waals surface area contributed by atoms with E-state index in [9.17, 15) is 0 Å². The predicted octanol–water partition coefficient (Wildman–Crippen LogP) is 3.46. The molecule has 0 spiro atoms. The van der Waals surface area contributed by atoms with Gasteiger partial charge in [-0.1, -0.05) is 38.0 Å². The largest absolute Gasteiger partial charge is 0.326 e. The molecule has 0 amide bonds. The van der Waals surface area contributed by atoms with Gasteiger partial charge in [0.15, 0.2) is 0 Å². The van der Waals surface area contributed by atoms with Crippen LogP contribution in [0.4, 0.5) is 0 Å². The molecular weight excluding hydrogens is 232 g/mol. The first-order chi connectivity index (χ1) is 9.11. The Morgan fingerprint density at radius 1 is 1.26 bits per heavy atom. The highest BCUT2D eigenvalue weighted by Crippen LogP contribution is 2.28. The van der Waals surface area contributed by atoms with Crippen LogP contribution in [0.25, 0.3) is 0 Å². The van der Waals surface area contributed by atoms with Crippen molar-refractivity contribution >= 4 is 0 Å². The van der Waals surface area contributed by atoms with Gasteiger partial charge >= 0.3 is 0 Å². The topological polar surface area (TPSA) is 29.3 Å². The van der Waals surface area contributed by atoms with Gasteiger partial charge in [0.2, 0.25) is 0 Å². The van der Waals surface area contributed by atoms with Crippen LogP contribution >= 0.6 is 0 Å². The second-order valence-electron chi connectivity index (χ2n) is 6.21. The van der Waals surface area contributed by atoms with Crippen molar-refractivity contribution in [3.8, 4) is 0 Å². The predicted molar refractivity (Wildman–Crippen MR) is 82.0 cm³/mol. The lowest BCUT2D eigenvalue weighted by molar-refractivity contribution is 0.133. The fraction of sp³-hybridized carbons (Fsp3) is 0.647. The Bertz CT molecular complexity index is 414. The minimum atomic E-state index is 0.636. The van der Waals surface area contributed by atoms with E-state index >= 15 is 0 Å². The zero-order chi connectivity index (χ0) is 13.8. The number of hydrogen-bond acceptors (Lipinski definition) is 2. The Kier molecular flexibility index (Phi) is 5.00. The second-order valence-corrected chi connectivity index (χ2v) is 6.21. The second kappa shape index (κ2) is 6.53. The van der Waals surface area contributed by atoms with E-state index in [-0.39, 0.29) is 0 Å². The highest BCUT2D eigenvalue weighted by Gasteiger charge is 2.24. The fourth-order valence-corrected chi connectivity index (χ4v) is 3.40. The molecule has 2 atom stereocenters. The Morgan fingerprint density at radius 2 is 2.00 bits per heavy atom. The molecule has 2 N–H and O–H groups in total. The first-order valence-electron chi connectivity index (χ1n) is 7.60. The molecule has 2 heteroatoms. The van der Waals surface area contributed by atoms with Crippen LogP contribution in [0.5, 0.6) is 0 Å². The first-order valence-corrected chi connectivity index (χ1v) is 7.60. The van der Waals surface area contributed by atoms with Crippen LogP contribution in [0.1, 0.15) is 49.3 Å². The number of benzene rings is 1. The van der Waals surface area contributed by atoms with E-state index in [1.807, 2.05) is 0 Å². The third-order valence-electron chi connectivity index (χ3n) is 4.69. The smallest absolute Gasteiger partial charge is 0.0236 e.